The molecule has 3 aromatic rings. The maximum Gasteiger partial charge on any atom is 0.287 e. The molecule has 6 heteroatoms. The lowest BCUT2D eigenvalue weighted by molar-refractivity contribution is -0.385. The quantitative estimate of drug-likeness (QED) is 0.471. The van der Waals surface area contributed by atoms with Crippen LogP contribution in [0.3, 0.4) is 0 Å². The van der Waals surface area contributed by atoms with E-state index in [1.54, 1.807) is 30.3 Å². The molecule has 0 aromatic heterocycles. The molecule has 128 valence electrons. The molecule has 0 amide bonds. The van der Waals surface area contributed by atoms with E-state index in [0.717, 1.165) is 5.56 Å². The lowest BCUT2D eigenvalue weighted by Crippen LogP contribution is -1.95. The Hall–Kier alpha value is -3.85. The highest BCUT2D eigenvalue weighted by Gasteiger charge is 2.14. The van der Waals surface area contributed by atoms with E-state index in [4.69, 9.17) is 14.7 Å². The number of benzene rings is 3. The summed E-state index contributed by atoms with van der Waals surface area (Å²) in [5.74, 6) is 1.59. The van der Waals surface area contributed by atoms with Gasteiger partial charge in [0, 0.05) is 12.1 Å². The number of nitro benzene ring substituents is 1. The largest absolute Gasteiger partial charge is 0.489 e. The summed E-state index contributed by atoms with van der Waals surface area (Å²) < 4.78 is 11.3. The van der Waals surface area contributed by atoms with Crippen molar-refractivity contribution in [1.82, 2.24) is 0 Å². The molecule has 0 bridgehead atoms. The monoisotopic (exact) mass is 346 g/mol. The third kappa shape index (κ3) is 4.16. The van der Waals surface area contributed by atoms with Crippen molar-refractivity contribution in [1.29, 1.82) is 5.26 Å². The van der Waals surface area contributed by atoms with Crippen molar-refractivity contribution in [3.8, 4) is 23.3 Å². The second-order valence-electron chi connectivity index (χ2n) is 5.40. The number of ether oxygens (including phenoxy) is 2. The van der Waals surface area contributed by atoms with Crippen molar-refractivity contribution in [3.05, 3.63) is 94.0 Å². The molecule has 0 atom stereocenters. The first-order valence-electron chi connectivity index (χ1n) is 7.79. The molecule has 0 heterocycles. The van der Waals surface area contributed by atoms with Crippen molar-refractivity contribution in [2.75, 3.05) is 0 Å². The van der Waals surface area contributed by atoms with Gasteiger partial charge in [0.1, 0.15) is 35.5 Å². The third-order valence-corrected chi connectivity index (χ3v) is 3.59. The fraction of sp³-hybridized carbons (Fsp3) is 0.0500. The van der Waals surface area contributed by atoms with Crippen LogP contribution in [0, 0.1) is 21.4 Å². The van der Waals surface area contributed by atoms with Crippen molar-refractivity contribution < 1.29 is 14.4 Å². The Bertz CT molecular complexity index is 948. The molecule has 3 aromatic carbocycles. The van der Waals surface area contributed by atoms with Crippen LogP contribution in [0.5, 0.6) is 17.2 Å². The molecule has 0 fully saturated rings. The summed E-state index contributed by atoms with van der Waals surface area (Å²) >= 11 is 0. The number of hydrogen-bond donors (Lipinski definition) is 0. The van der Waals surface area contributed by atoms with Crippen LogP contribution in [0.25, 0.3) is 0 Å². The standard InChI is InChI=1S/C20H14N2O4/c21-13-16-12-19(10-11-20(16)22(23)24)26-18-8-6-17(7-9-18)25-14-15-4-2-1-3-5-15/h1-12H,14H2. The zero-order chi connectivity index (χ0) is 18.4. The molecule has 0 radical (unpaired) electrons. The minimum absolute atomic E-state index is 0.0460. The summed E-state index contributed by atoms with van der Waals surface area (Å²) in [5.41, 5.74) is 0.780. The van der Waals surface area contributed by atoms with Crippen molar-refractivity contribution in [3.63, 3.8) is 0 Å². The Morgan fingerprint density at radius 2 is 1.58 bits per heavy atom. The molecule has 0 unspecified atom stereocenters. The fourth-order valence-electron chi connectivity index (χ4n) is 2.31. The molecular formula is C20H14N2O4. The van der Waals surface area contributed by atoms with Gasteiger partial charge in [-0.25, -0.2) is 0 Å². The van der Waals surface area contributed by atoms with Gasteiger partial charge in [-0.2, -0.15) is 5.26 Å². The van der Waals surface area contributed by atoms with Gasteiger partial charge in [0.15, 0.2) is 0 Å². The summed E-state index contributed by atoms with van der Waals surface area (Å²) in [6.07, 6.45) is 0. The summed E-state index contributed by atoms with van der Waals surface area (Å²) in [7, 11) is 0. The van der Waals surface area contributed by atoms with Crippen LogP contribution >= 0.6 is 0 Å². The van der Waals surface area contributed by atoms with Gasteiger partial charge in [0.2, 0.25) is 0 Å². The van der Waals surface area contributed by atoms with E-state index in [0.29, 0.717) is 23.9 Å². The smallest absolute Gasteiger partial charge is 0.287 e. The number of nitriles is 1. The third-order valence-electron chi connectivity index (χ3n) is 3.59. The topological polar surface area (TPSA) is 85.4 Å². The predicted octanol–water partition coefficient (Wildman–Crippen LogP) is 4.84. The molecule has 0 aliphatic rings. The van der Waals surface area contributed by atoms with Crippen molar-refractivity contribution in [2.24, 2.45) is 0 Å². The highest BCUT2D eigenvalue weighted by atomic mass is 16.6. The normalized spacial score (nSPS) is 9.96. The minimum atomic E-state index is -0.596. The average molecular weight is 346 g/mol. The van der Waals surface area contributed by atoms with Crippen molar-refractivity contribution >= 4 is 5.69 Å². The van der Waals surface area contributed by atoms with Crippen LogP contribution in [-0.4, -0.2) is 4.92 Å². The first-order valence-corrected chi connectivity index (χ1v) is 7.79. The summed E-state index contributed by atoms with van der Waals surface area (Å²) in [5, 5.41) is 19.9. The Balaban J connectivity index is 1.66. The fourth-order valence-corrected chi connectivity index (χ4v) is 2.31. The van der Waals surface area contributed by atoms with Crippen LogP contribution in [-0.2, 0) is 6.61 Å². The molecule has 3 rings (SSSR count). The first kappa shape index (κ1) is 17.0. The summed E-state index contributed by atoms with van der Waals surface area (Å²) in [4.78, 5) is 10.3. The van der Waals surface area contributed by atoms with Crippen LogP contribution < -0.4 is 9.47 Å². The summed E-state index contributed by atoms with van der Waals surface area (Å²) in [6.45, 7) is 0.467. The maximum atomic E-state index is 10.9. The van der Waals surface area contributed by atoms with Gasteiger partial charge < -0.3 is 9.47 Å². The van der Waals surface area contributed by atoms with Crippen LogP contribution in [0.4, 0.5) is 5.69 Å². The molecule has 6 nitrogen and oxygen atoms in total. The van der Waals surface area contributed by atoms with E-state index in [2.05, 4.69) is 0 Å². The van der Waals surface area contributed by atoms with Crippen LogP contribution in [0.1, 0.15) is 11.1 Å². The van der Waals surface area contributed by atoms with Crippen LogP contribution in [0.15, 0.2) is 72.8 Å². The van der Waals surface area contributed by atoms with Crippen molar-refractivity contribution in [2.45, 2.75) is 6.61 Å². The maximum absolute atomic E-state index is 10.9. The summed E-state index contributed by atoms with van der Waals surface area (Å²) in [6, 6.07) is 22.7. The number of hydrogen-bond acceptors (Lipinski definition) is 5. The van der Waals surface area contributed by atoms with E-state index < -0.39 is 4.92 Å². The van der Waals surface area contributed by atoms with Gasteiger partial charge >= 0.3 is 0 Å². The zero-order valence-electron chi connectivity index (χ0n) is 13.7. The van der Waals surface area contributed by atoms with Gasteiger partial charge in [0.05, 0.1) is 4.92 Å². The van der Waals surface area contributed by atoms with Gasteiger partial charge in [-0.15, -0.1) is 0 Å². The van der Waals surface area contributed by atoms with E-state index in [1.807, 2.05) is 30.3 Å². The number of nitrogens with zero attached hydrogens (tertiary/aromatic N) is 2. The Kier molecular flexibility index (Phi) is 5.11. The lowest BCUT2D eigenvalue weighted by atomic mass is 10.2. The Morgan fingerprint density at radius 1 is 0.923 bits per heavy atom. The zero-order valence-corrected chi connectivity index (χ0v) is 13.7. The molecule has 0 saturated heterocycles. The van der Waals surface area contributed by atoms with Gasteiger partial charge in [0.25, 0.3) is 5.69 Å². The molecule has 0 saturated carbocycles. The molecular weight excluding hydrogens is 332 g/mol. The molecule has 0 N–H and O–H groups in total. The number of nitro groups is 1. The highest BCUT2D eigenvalue weighted by molar-refractivity contribution is 5.52. The minimum Gasteiger partial charge on any atom is -0.489 e. The SMILES string of the molecule is N#Cc1cc(Oc2ccc(OCc3ccccc3)cc2)ccc1[N+](=O)[O-]. The lowest BCUT2D eigenvalue weighted by Gasteiger charge is -2.09. The van der Waals surface area contributed by atoms with Gasteiger partial charge in [-0.3, -0.25) is 10.1 Å². The van der Waals surface area contributed by atoms with Gasteiger partial charge in [-0.1, -0.05) is 30.3 Å². The average Bonchev–Trinajstić information content (AvgIpc) is 2.68. The molecule has 0 spiro atoms. The molecule has 0 aliphatic heterocycles. The molecule has 0 aliphatic carbocycles. The second-order valence-corrected chi connectivity index (χ2v) is 5.40. The van der Waals surface area contributed by atoms with Gasteiger partial charge in [-0.05, 0) is 35.9 Å². The predicted molar refractivity (Wildman–Crippen MR) is 95.1 cm³/mol. The molecule has 26 heavy (non-hydrogen) atoms. The number of rotatable bonds is 6. The van der Waals surface area contributed by atoms with E-state index in [9.17, 15) is 10.1 Å². The first-order chi connectivity index (χ1) is 12.7. The van der Waals surface area contributed by atoms with E-state index >= 15 is 0 Å². The van der Waals surface area contributed by atoms with E-state index in [-0.39, 0.29) is 11.3 Å². The van der Waals surface area contributed by atoms with E-state index in [1.165, 1.54) is 18.2 Å². The Morgan fingerprint density at radius 3 is 2.23 bits per heavy atom. The second kappa shape index (κ2) is 7.81. The highest BCUT2D eigenvalue weighted by Crippen LogP contribution is 2.28. The van der Waals surface area contributed by atoms with Crippen LogP contribution in [0.2, 0.25) is 0 Å². The Labute approximate surface area is 150 Å².